The van der Waals surface area contributed by atoms with Crippen molar-refractivity contribution in [1.82, 2.24) is 4.90 Å². The van der Waals surface area contributed by atoms with Gasteiger partial charge in [-0.1, -0.05) is 110 Å². The van der Waals surface area contributed by atoms with Crippen LogP contribution in [0, 0.1) is 0 Å². The van der Waals surface area contributed by atoms with Crippen LogP contribution < -0.4 is 0 Å². The van der Waals surface area contributed by atoms with Crippen LogP contribution >= 0.6 is 0 Å². The molecule has 1 atom stereocenters. The Labute approximate surface area is 153 Å². The van der Waals surface area contributed by atoms with Crippen LogP contribution in [-0.4, -0.2) is 29.3 Å². The smallest absolute Gasteiger partial charge is 0.104 e. The molecule has 0 fully saturated rings. The van der Waals surface area contributed by atoms with Crippen LogP contribution in [0.2, 0.25) is 0 Å². The molecular formula is C22H47NO. The highest BCUT2D eigenvalue weighted by molar-refractivity contribution is 4.56. The first-order chi connectivity index (χ1) is 11.7. The van der Waals surface area contributed by atoms with E-state index in [-0.39, 0.29) is 6.23 Å². The zero-order valence-electron chi connectivity index (χ0n) is 17.2. The molecule has 0 amide bonds. The Morgan fingerprint density at radius 2 is 0.917 bits per heavy atom. The molecule has 146 valence electrons. The Balaban J connectivity index is 3.10. The lowest BCUT2D eigenvalue weighted by Crippen LogP contribution is -2.33. The average molecular weight is 342 g/mol. The van der Waals surface area contributed by atoms with Gasteiger partial charge in [0, 0.05) is 6.54 Å². The van der Waals surface area contributed by atoms with E-state index in [9.17, 15) is 5.11 Å². The predicted molar refractivity (Wildman–Crippen MR) is 108 cm³/mol. The fourth-order valence-electron chi connectivity index (χ4n) is 3.47. The third-order valence-corrected chi connectivity index (χ3v) is 5.23. The molecule has 0 rings (SSSR count). The van der Waals surface area contributed by atoms with Gasteiger partial charge >= 0.3 is 0 Å². The summed E-state index contributed by atoms with van der Waals surface area (Å²) in [4.78, 5) is 2.14. The van der Waals surface area contributed by atoms with Crippen molar-refractivity contribution in [2.75, 3.05) is 13.1 Å². The maximum absolute atomic E-state index is 9.56. The van der Waals surface area contributed by atoms with Gasteiger partial charge in [-0.2, -0.15) is 0 Å². The van der Waals surface area contributed by atoms with Gasteiger partial charge in [0.25, 0.3) is 0 Å². The van der Waals surface area contributed by atoms with Crippen LogP contribution in [-0.2, 0) is 0 Å². The van der Waals surface area contributed by atoms with E-state index in [0.29, 0.717) is 0 Å². The van der Waals surface area contributed by atoms with E-state index in [1.807, 2.05) is 6.92 Å². The first-order valence-corrected chi connectivity index (χ1v) is 11.1. The molecule has 2 nitrogen and oxygen atoms in total. The number of rotatable bonds is 19. The molecular weight excluding hydrogens is 294 g/mol. The minimum absolute atomic E-state index is 0.286. The number of hydrogen-bond acceptors (Lipinski definition) is 2. The van der Waals surface area contributed by atoms with Crippen molar-refractivity contribution in [2.24, 2.45) is 0 Å². The fourth-order valence-corrected chi connectivity index (χ4v) is 3.47. The van der Waals surface area contributed by atoms with Crippen LogP contribution in [0.5, 0.6) is 0 Å². The summed E-state index contributed by atoms with van der Waals surface area (Å²) in [7, 11) is 0. The third kappa shape index (κ3) is 16.8. The molecule has 0 aromatic carbocycles. The molecule has 1 N–H and O–H groups in total. The molecule has 0 radical (unpaired) electrons. The predicted octanol–water partition coefficient (Wildman–Crippen LogP) is 6.91. The Hall–Kier alpha value is -0.0800. The van der Waals surface area contributed by atoms with E-state index in [1.54, 1.807) is 0 Å². The summed E-state index contributed by atoms with van der Waals surface area (Å²) in [5.41, 5.74) is 0. The lowest BCUT2D eigenvalue weighted by Gasteiger charge is -2.23. The minimum atomic E-state index is -0.286. The van der Waals surface area contributed by atoms with Crippen LogP contribution in [0.25, 0.3) is 0 Å². The number of nitrogens with zero attached hydrogens (tertiary/aromatic N) is 1. The quantitative estimate of drug-likeness (QED) is 0.204. The normalized spacial score (nSPS) is 12.9. The molecule has 0 aromatic heterocycles. The Kier molecular flexibility index (Phi) is 19.2. The molecule has 1 unspecified atom stereocenters. The second-order valence-corrected chi connectivity index (χ2v) is 7.56. The summed E-state index contributed by atoms with van der Waals surface area (Å²) in [6.07, 6.45) is 22.3. The van der Waals surface area contributed by atoms with Gasteiger partial charge in [-0.05, 0) is 19.9 Å². The molecule has 2 heteroatoms. The van der Waals surface area contributed by atoms with Crippen molar-refractivity contribution in [2.45, 2.75) is 130 Å². The van der Waals surface area contributed by atoms with Crippen molar-refractivity contribution in [3.8, 4) is 0 Å². The number of hydrogen-bond donors (Lipinski definition) is 1. The average Bonchev–Trinajstić information content (AvgIpc) is 2.57. The summed E-state index contributed by atoms with van der Waals surface area (Å²) in [5, 5.41) is 9.56. The zero-order chi connectivity index (χ0) is 17.9. The molecule has 0 aliphatic heterocycles. The SMILES string of the molecule is CCCCCCCCCCCCCCCCCCN(CC)C(C)O. The van der Waals surface area contributed by atoms with Crippen molar-refractivity contribution in [3.63, 3.8) is 0 Å². The monoisotopic (exact) mass is 341 g/mol. The Morgan fingerprint density at radius 3 is 1.21 bits per heavy atom. The van der Waals surface area contributed by atoms with Gasteiger partial charge in [-0.15, -0.1) is 0 Å². The van der Waals surface area contributed by atoms with Gasteiger partial charge in [0.05, 0.1) is 0 Å². The van der Waals surface area contributed by atoms with Gasteiger partial charge in [0.15, 0.2) is 0 Å². The van der Waals surface area contributed by atoms with Gasteiger partial charge in [-0.25, -0.2) is 0 Å². The van der Waals surface area contributed by atoms with Gasteiger partial charge < -0.3 is 5.11 Å². The van der Waals surface area contributed by atoms with Crippen molar-refractivity contribution < 1.29 is 5.11 Å². The largest absolute Gasteiger partial charge is 0.379 e. The number of aliphatic hydroxyl groups excluding tert-OH is 1. The maximum Gasteiger partial charge on any atom is 0.104 e. The third-order valence-electron chi connectivity index (χ3n) is 5.23. The standard InChI is InChI=1S/C22H47NO/c1-4-6-7-8-9-10-11-12-13-14-15-16-17-18-19-20-21-23(5-2)22(3)24/h22,24H,4-21H2,1-3H3. The number of unbranched alkanes of at least 4 members (excludes halogenated alkanes) is 15. The summed E-state index contributed by atoms with van der Waals surface area (Å²) in [6.45, 7) is 8.29. The molecule has 0 heterocycles. The first kappa shape index (κ1) is 23.9. The van der Waals surface area contributed by atoms with E-state index in [1.165, 1.54) is 103 Å². The molecule has 0 aliphatic carbocycles. The molecule has 0 spiro atoms. The van der Waals surface area contributed by atoms with Crippen LogP contribution in [0.3, 0.4) is 0 Å². The van der Waals surface area contributed by atoms with E-state index in [2.05, 4.69) is 18.7 Å². The fraction of sp³-hybridized carbons (Fsp3) is 1.00. The lowest BCUT2D eigenvalue weighted by atomic mass is 10.0. The van der Waals surface area contributed by atoms with E-state index in [0.717, 1.165) is 13.1 Å². The highest BCUT2D eigenvalue weighted by Crippen LogP contribution is 2.13. The summed E-state index contributed by atoms with van der Waals surface area (Å²) in [5.74, 6) is 0. The topological polar surface area (TPSA) is 23.5 Å². The highest BCUT2D eigenvalue weighted by Gasteiger charge is 2.06. The van der Waals surface area contributed by atoms with Crippen molar-refractivity contribution >= 4 is 0 Å². The molecule has 24 heavy (non-hydrogen) atoms. The number of aliphatic hydroxyl groups is 1. The van der Waals surface area contributed by atoms with Crippen molar-refractivity contribution in [1.29, 1.82) is 0 Å². The van der Waals surface area contributed by atoms with Gasteiger partial charge in [0.2, 0.25) is 0 Å². The van der Waals surface area contributed by atoms with Crippen LogP contribution in [0.4, 0.5) is 0 Å². The Bertz CT molecular complexity index is 230. The summed E-state index contributed by atoms with van der Waals surface area (Å²) < 4.78 is 0. The molecule has 0 aliphatic rings. The van der Waals surface area contributed by atoms with Gasteiger partial charge in [-0.3, -0.25) is 4.90 Å². The van der Waals surface area contributed by atoms with Crippen LogP contribution in [0.1, 0.15) is 124 Å². The van der Waals surface area contributed by atoms with E-state index < -0.39 is 0 Å². The Morgan fingerprint density at radius 1 is 0.583 bits per heavy atom. The lowest BCUT2D eigenvalue weighted by molar-refractivity contribution is 0.0214. The second-order valence-electron chi connectivity index (χ2n) is 7.56. The minimum Gasteiger partial charge on any atom is -0.379 e. The van der Waals surface area contributed by atoms with E-state index >= 15 is 0 Å². The molecule has 0 aromatic rings. The second kappa shape index (κ2) is 19.2. The van der Waals surface area contributed by atoms with Crippen molar-refractivity contribution in [3.05, 3.63) is 0 Å². The van der Waals surface area contributed by atoms with Gasteiger partial charge in [0.1, 0.15) is 6.23 Å². The molecule has 0 saturated carbocycles. The highest BCUT2D eigenvalue weighted by atomic mass is 16.3. The summed E-state index contributed by atoms with van der Waals surface area (Å²) >= 11 is 0. The first-order valence-electron chi connectivity index (χ1n) is 11.1. The van der Waals surface area contributed by atoms with Crippen LogP contribution in [0.15, 0.2) is 0 Å². The van der Waals surface area contributed by atoms with E-state index in [4.69, 9.17) is 0 Å². The zero-order valence-corrected chi connectivity index (χ0v) is 17.2. The molecule has 0 saturated heterocycles. The maximum atomic E-state index is 9.56. The molecule has 0 bridgehead atoms. The summed E-state index contributed by atoms with van der Waals surface area (Å²) in [6, 6.07) is 0.